The van der Waals surface area contributed by atoms with Crippen LogP contribution in [-0.4, -0.2) is 23.2 Å². The van der Waals surface area contributed by atoms with Crippen molar-refractivity contribution in [1.29, 1.82) is 0 Å². The molecule has 6 heteroatoms. The van der Waals surface area contributed by atoms with Crippen molar-refractivity contribution in [2.45, 2.75) is 32.4 Å². The summed E-state index contributed by atoms with van der Waals surface area (Å²) >= 11 is 6.23. The molecule has 0 radical (unpaired) electrons. The number of pyridine rings is 1. The largest absolute Gasteiger partial charge is 0.444 e. The minimum Gasteiger partial charge on any atom is -0.444 e. The van der Waals surface area contributed by atoms with E-state index in [0.717, 1.165) is 10.9 Å². The van der Waals surface area contributed by atoms with Crippen LogP contribution in [0.25, 0.3) is 10.9 Å². The van der Waals surface area contributed by atoms with Gasteiger partial charge in [0.05, 0.1) is 11.6 Å². The van der Waals surface area contributed by atoms with Crippen molar-refractivity contribution in [1.82, 2.24) is 10.3 Å². The molecule has 1 aromatic carbocycles. The van der Waals surface area contributed by atoms with E-state index in [9.17, 15) is 4.79 Å². The minimum absolute atomic E-state index is 0.193. The fraction of sp³-hybridized carbons (Fsp3) is 0.375. The Morgan fingerprint density at radius 2 is 2.09 bits per heavy atom. The Kier molecular flexibility index (Phi) is 4.88. The average molecular weight is 322 g/mol. The second-order valence-electron chi connectivity index (χ2n) is 6.00. The van der Waals surface area contributed by atoms with Crippen LogP contribution in [0.5, 0.6) is 0 Å². The van der Waals surface area contributed by atoms with Crippen LogP contribution >= 0.6 is 11.6 Å². The van der Waals surface area contributed by atoms with Gasteiger partial charge in [0.1, 0.15) is 10.8 Å². The topological polar surface area (TPSA) is 77.2 Å². The van der Waals surface area contributed by atoms with Gasteiger partial charge >= 0.3 is 6.09 Å². The number of nitrogens with one attached hydrogen (secondary N) is 1. The van der Waals surface area contributed by atoms with Crippen LogP contribution in [-0.2, 0) is 4.74 Å². The number of para-hydroxylation sites is 1. The molecule has 2 rings (SSSR count). The molecule has 1 atom stereocenters. The van der Waals surface area contributed by atoms with Crippen LogP contribution in [0.4, 0.5) is 4.79 Å². The number of fused-ring (bicyclic) bond motifs is 1. The van der Waals surface area contributed by atoms with Crippen LogP contribution in [0, 0.1) is 0 Å². The van der Waals surface area contributed by atoms with Crippen molar-refractivity contribution >= 4 is 28.6 Å². The normalized spacial score (nSPS) is 13.0. The molecule has 0 spiro atoms. The molecule has 0 bridgehead atoms. The molecular weight excluding hydrogens is 302 g/mol. The molecule has 22 heavy (non-hydrogen) atoms. The number of rotatable bonds is 3. The van der Waals surface area contributed by atoms with Crippen LogP contribution in [0.1, 0.15) is 32.4 Å². The Morgan fingerprint density at radius 3 is 2.73 bits per heavy atom. The summed E-state index contributed by atoms with van der Waals surface area (Å²) in [6.07, 6.45) is -0.535. The molecular formula is C16H20ClN3O2. The van der Waals surface area contributed by atoms with E-state index in [1.165, 1.54) is 0 Å². The van der Waals surface area contributed by atoms with E-state index >= 15 is 0 Å². The summed E-state index contributed by atoms with van der Waals surface area (Å²) in [6.45, 7) is 5.59. The zero-order valence-corrected chi connectivity index (χ0v) is 13.6. The van der Waals surface area contributed by atoms with Gasteiger partial charge in [-0.15, -0.1) is 0 Å². The van der Waals surface area contributed by atoms with Crippen LogP contribution in [0.15, 0.2) is 30.3 Å². The van der Waals surface area contributed by atoms with Crippen molar-refractivity contribution in [3.63, 3.8) is 0 Å². The Labute approximate surface area is 134 Å². The molecule has 0 aliphatic rings. The second-order valence-corrected chi connectivity index (χ2v) is 6.35. The highest BCUT2D eigenvalue weighted by Gasteiger charge is 2.22. The average Bonchev–Trinajstić information content (AvgIpc) is 2.42. The number of aromatic nitrogens is 1. The van der Waals surface area contributed by atoms with Crippen molar-refractivity contribution in [3.8, 4) is 0 Å². The first-order valence-electron chi connectivity index (χ1n) is 7.05. The van der Waals surface area contributed by atoms with Gasteiger partial charge in [0.15, 0.2) is 0 Å². The number of halogens is 1. The first-order chi connectivity index (χ1) is 10.3. The van der Waals surface area contributed by atoms with Crippen LogP contribution < -0.4 is 11.1 Å². The molecule has 1 amide bonds. The number of hydrogen-bond acceptors (Lipinski definition) is 4. The van der Waals surface area contributed by atoms with Gasteiger partial charge in [0.25, 0.3) is 0 Å². The maximum absolute atomic E-state index is 11.9. The van der Waals surface area contributed by atoms with Gasteiger partial charge < -0.3 is 15.8 Å². The summed E-state index contributed by atoms with van der Waals surface area (Å²) in [5, 5.41) is 4.00. The number of carbonyl (C=O) groups excluding carboxylic acids is 1. The fourth-order valence-corrected chi connectivity index (χ4v) is 2.34. The standard InChI is InChI=1S/C16H20ClN3O2/c1-16(2,3)22-15(21)20-13(9-18)11-8-10-6-4-5-7-12(10)19-14(11)17/h4-8,13H,9,18H2,1-3H3,(H,20,21). The molecule has 0 saturated heterocycles. The van der Waals surface area contributed by atoms with Gasteiger partial charge in [-0.05, 0) is 32.9 Å². The third-order valence-electron chi connectivity index (χ3n) is 3.01. The van der Waals surface area contributed by atoms with Gasteiger partial charge in [-0.1, -0.05) is 29.8 Å². The predicted molar refractivity (Wildman–Crippen MR) is 87.9 cm³/mol. The third kappa shape index (κ3) is 4.08. The summed E-state index contributed by atoms with van der Waals surface area (Å²) in [5.41, 5.74) is 6.67. The molecule has 0 aliphatic heterocycles. The number of carbonyl (C=O) groups is 1. The number of alkyl carbamates (subject to hydrolysis) is 1. The predicted octanol–water partition coefficient (Wildman–Crippen LogP) is 3.41. The second kappa shape index (κ2) is 6.50. The lowest BCUT2D eigenvalue weighted by atomic mass is 10.1. The highest BCUT2D eigenvalue weighted by molar-refractivity contribution is 6.30. The highest BCUT2D eigenvalue weighted by atomic mass is 35.5. The number of benzene rings is 1. The molecule has 2 aromatic rings. The van der Waals surface area contributed by atoms with E-state index in [4.69, 9.17) is 22.1 Å². The maximum Gasteiger partial charge on any atom is 0.408 e. The molecule has 0 aliphatic carbocycles. The molecule has 1 aromatic heterocycles. The first kappa shape index (κ1) is 16.5. The monoisotopic (exact) mass is 321 g/mol. The summed E-state index contributed by atoms with van der Waals surface area (Å²) in [4.78, 5) is 16.3. The number of nitrogens with zero attached hydrogens (tertiary/aromatic N) is 1. The lowest BCUT2D eigenvalue weighted by Crippen LogP contribution is -2.38. The summed E-state index contributed by atoms with van der Waals surface area (Å²) in [5.74, 6) is 0. The fourth-order valence-electron chi connectivity index (χ4n) is 2.07. The highest BCUT2D eigenvalue weighted by Crippen LogP contribution is 2.25. The van der Waals surface area contributed by atoms with Gasteiger partial charge in [-0.3, -0.25) is 0 Å². The first-order valence-corrected chi connectivity index (χ1v) is 7.43. The van der Waals surface area contributed by atoms with E-state index in [2.05, 4.69) is 10.3 Å². The molecule has 5 nitrogen and oxygen atoms in total. The summed E-state index contributed by atoms with van der Waals surface area (Å²) < 4.78 is 5.25. The zero-order chi connectivity index (χ0) is 16.3. The van der Waals surface area contributed by atoms with E-state index in [1.54, 1.807) is 20.8 Å². The molecule has 1 heterocycles. The molecule has 3 N–H and O–H groups in total. The van der Waals surface area contributed by atoms with E-state index in [1.807, 2.05) is 30.3 Å². The Hall–Kier alpha value is -1.85. The third-order valence-corrected chi connectivity index (χ3v) is 3.31. The van der Waals surface area contributed by atoms with E-state index in [-0.39, 0.29) is 6.54 Å². The van der Waals surface area contributed by atoms with Gasteiger partial charge in [-0.2, -0.15) is 0 Å². The number of hydrogen-bond donors (Lipinski definition) is 2. The van der Waals surface area contributed by atoms with Crippen molar-refractivity contribution in [2.24, 2.45) is 5.73 Å². The molecule has 0 saturated carbocycles. The molecule has 118 valence electrons. The van der Waals surface area contributed by atoms with Gasteiger partial charge in [0, 0.05) is 17.5 Å². The van der Waals surface area contributed by atoms with Crippen molar-refractivity contribution in [3.05, 3.63) is 41.0 Å². The van der Waals surface area contributed by atoms with Crippen molar-refractivity contribution < 1.29 is 9.53 Å². The number of amides is 1. The van der Waals surface area contributed by atoms with Crippen molar-refractivity contribution in [2.75, 3.05) is 6.54 Å². The minimum atomic E-state index is -0.575. The molecule has 1 unspecified atom stereocenters. The van der Waals surface area contributed by atoms with E-state index in [0.29, 0.717) is 10.7 Å². The smallest absolute Gasteiger partial charge is 0.408 e. The van der Waals surface area contributed by atoms with Gasteiger partial charge in [0.2, 0.25) is 0 Å². The lowest BCUT2D eigenvalue weighted by Gasteiger charge is -2.23. The van der Waals surface area contributed by atoms with Crippen LogP contribution in [0.3, 0.4) is 0 Å². The number of nitrogens with two attached hydrogens (primary N) is 1. The van der Waals surface area contributed by atoms with Gasteiger partial charge in [-0.25, -0.2) is 9.78 Å². The summed E-state index contributed by atoms with van der Waals surface area (Å²) in [7, 11) is 0. The van der Waals surface area contributed by atoms with E-state index < -0.39 is 17.7 Å². The maximum atomic E-state index is 11.9. The lowest BCUT2D eigenvalue weighted by molar-refractivity contribution is 0.0505. The Morgan fingerprint density at radius 1 is 1.41 bits per heavy atom. The summed E-state index contributed by atoms with van der Waals surface area (Å²) in [6, 6.07) is 9.05. The van der Waals surface area contributed by atoms with Crippen LogP contribution in [0.2, 0.25) is 5.15 Å². The number of ether oxygens (including phenoxy) is 1. The Balaban J connectivity index is 2.27. The Bertz CT molecular complexity index is 683. The SMILES string of the molecule is CC(C)(C)OC(=O)NC(CN)c1cc2ccccc2nc1Cl. The molecule has 0 fully saturated rings. The zero-order valence-electron chi connectivity index (χ0n) is 12.9. The quantitative estimate of drug-likeness (QED) is 0.849.